The van der Waals surface area contributed by atoms with Gasteiger partial charge < -0.3 is 10.1 Å². The van der Waals surface area contributed by atoms with Crippen LogP contribution >= 0.6 is 0 Å². The highest BCUT2D eigenvalue weighted by molar-refractivity contribution is 5.97. The molecule has 24 heavy (non-hydrogen) atoms. The Kier molecular flexibility index (Phi) is 4.50. The van der Waals surface area contributed by atoms with E-state index >= 15 is 0 Å². The van der Waals surface area contributed by atoms with E-state index in [0.29, 0.717) is 0 Å². The number of urea groups is 1. The second-order valence-electron chi connectivity index (χ2n) is 5.26. The summed E-state index contributed by atoms with van der Waals surface area (Å²) in [5, 5.41) is 8.67. The fourth-order valence-corrected chi connectivity index (χ4v) is 1.92. The number of esters is 1. The highest BCUT2D eigenvalue weighted by atomic mass is 16.5. The van der Waals surface area contributed by atoms with Gasteiger partial charge in [-0.1, -0.05) is 0 Å². The fourth-order valence-electron chi connectivity index (χ4n) is 1.92. The van der Waals surface area contributed by atoms with Crippen LogP contribution in [0.1, 0.15) is 23.2 Å². The monoisotopic (exact) mass is 329 g/mol. The summed E-state index contributed by atoms with van der Waals surface area (Å²) >= 11 is 0. The van der Waals surface area contributed by atoms with Crippen LogP contribution in [0.3, 0.4) is 0 Å². The minimum Gasteiger partial charge on any atom is -0.452 e. The molecule has 1 fully saturated rings. The Morgan fingerprint density at radius 2 is 1.96 bits per heavy atom. The minimum atomic E-state index is -0.680. The third kappa shape index (κ3) is 4.15. The normalized spacial score (nSPS) is 13.2. The molecule has 0 aliphatic heterocycles. The van der Waals surface area contributed by atoms with Crippen molar-refractivity contribution in [2.24, 2.45) is 0 Å². The highest BCUT2D eigenvalue weighted by Crippen LogP contribution is 2.18. The molecule has 2 aromatic rings. The van der Waals surface area contributed by atoms with E-state index in [9.17, 15) is 14.4 Å². The van der Waals surface area contributed by atoms with Gasteiger partial charge in [-0.2, -0.15) is 5.10 Å². The zero-order valence-corrected chi connectivity index (χ0v) is 12.6. The van der Waals surface area contributed by atoms with E-state index in [-0.39, 0.29) is 11.6 Å². The van der Waals surface area contributed by atoms with Crippen LogP contribution in [-0.2, 0) is 9.53 Å². The van der Waals surface area contributed by atoms with Gasteiger partial charge in [0.15, 0.2) is 6.61 Å². The molecule has 0 atom stereocenters. The molecule has 1 saturated carbocycles. The van der Waals surface area contributed by atoms with Crippen LogP contribution in [0.5, 0.6) is 0 Å². The van der Waals surface area contributed by atoms with E-state index in [1.807, 2.05) is 0 Å². The van der Waals surface area contributed by atoms with Crippen LogP contribution in [0.25, 0.3) is 5.69 Å². The second kappa shape index (κ2) is 6.90. The predicted molar refractivity (Wildman–Crippen MR) is 81.3 cm³/mol. The van der Waals surface area contributed by atoms with Gasteiger partial charge in [-0.05, 0) is 37.1 Å². The number of hydrogen-bond acceptors (Lipinski definition) is 6. The van der Waals surface area contributed by atoms with Crippen molar-refractivity contribution in [1.82, 2.24) is 25.4 Å². The first kappa shape index (κ1) is 15.7. The molecule has 0 radical (unpaired) electrons. The molecular weight excluding hydrogens is 314 g/mol. The number of hydrogen-bond donors (Lipinski definition) is 2. The van der Waals surface area contributed by atoms with Crippen molar-refractivity contribution >= 4 is 17.9 Å². The van der Waals surface area contributed by atoms with Gasteiger partial charge in [0.2, 0.25) is 0 Å². The van der Waals surface area contributed by atoms with Gasteiger partial charge in [0.25, 0.3) is 5.91 Å². The molecule has 1 aliphatic rings. The van der Waals surface area contributed by atoms with E-state index in [0.717, 1.165) is 18.5 Å². The summed E-state index contributed by atoms with van der Waals surface area (Å²) < 4.78 is 6.42. The third-order valence-electron chi connectivity index (χ3n) is 3.29. The minimum absolute atomic E-state index is 0.142. The number of imide groups is 1. The Bertz CT molecular complexity index is 738. The molecule has 124 valence electrons. The van der Waals surface area contributed by atoms with E-state index < -0.39 is 24.5 Å². The lowest BCUT2D eigenvalue weighted by Gasteiger charge is -2.07. The van der Waals surface area contributed by atoms with Gasteiger partial charge in [-0.25, -0.2) is 19.3 Å². The number of nitrogens with one attached hydrogen (secondary N) is 2. The van der Waals surface area contributed by atoms with Crippen molar-refractivity contribution in [2.75, 3.05) is 6.61 Å². The van der Waals surface area contributed by atoms with Crippen LogP contribution in [-0.4, -0.2) is 45.3 Å². The number of amides is 3. The maximum atomic E-state index is 11.9. The fraction of sp³-hybridized carbons (Fsp3) is 0.267. The van der Waals surface area contributed by atoms with E-state index in [4.69, 9.17) is 4.74 Å². The predicted octanol–water partition coefficient (Wildman–Crippen LogP) is 0.412. The lowest BCUT2D eigenvalue weighted by atomic mass is 10.2. The number of benzene rings is 1. The van der Waals surface area contributed by atoms with Crippen molar-refractivity contribution < 1.29 is 19.1 Å². The summed E-state index contributed by atoms with van der Waals surface area (Å²) in [4.78, 5) is 38.6. The molecule has 1 aromatic heterocycles. The quantitative estimate of drug-likeness (QED) is 0.768. The van der Waals surface area contributed by atoms with E-state index in [2.05, 4.69) is 20.7 Å². The Hall–Kier alpha value is -3.23. The van der Waals surface area contributed by atoms with Crippen molar-refractivity contribution in [3.8, 4) is 5.69 Å². The maximum Gasteiger partial charge on any atom is 0.338 e. The molecule has 0 spiro atoms. The number of carbonyl (C=O) groups is 3. The summed E-state index contributed by atoms with van der Waals surface area (Å²) in [6, 6.07) is 6.02. The van der Waals surface area contributed by atoms with Gasteiger partial charge in [0.05, 0.1) is 11.3 Å². The van der Waals surface area contributed by atoms with E-state index in [1.54, 1.807) is 28.9 Å². The zero-order valence-electron chi connectivity index (χ0n) is 12.6. The van der Waals surface area contributed by atoms with Crippen molar-refractivity contribution in [2.45, 2.75) is 18.9 Å². The van der Waals surface area contributed by atoms with E-state index in [1.165, 1.54) is 12.7 Å². The SMILES string of the molecule is O=C(COC(=O)c1ccc(-n2cncn2)cc1)NC(=O)NC1CC1. The molecule has 0 saturated heterocycles. The number of rotatable bonds is 5. The Labute approximate surface area is 137 Å². The van der Waals surface area contributed by atoms with Gasteiger partial charge in [-0.15, -0.1) is 0 Å². The van der Waals surface area contributed by atoms with Crippen molar-refractivity contribution in [3.63, 3.8) is 0 Å². The molecule has 1 aromatic carbocycles. The number of aromatic nitrogens is 3. The van der Waals surface area contributed by atoms with Crippen LogP contribution in [0.2, 0.25) is 0 Å². The molecule has 0 bridgehead atoms. The summed E-state index contributed by atoms with van der Waals surface area (Å²) in [5.74, 6) is -1.33. The molecular formula is C15H15N5O4. The van der Waals surface area contributed by atoms with Crippen molar-refractivity contribution in [3.05, 3.63) is 42.5 Å². The van der Waals surface area contributed by atoms with Crippen molar-refractivity contribution in [1.29, 1.82) is 0 Å². The lowest BCUT2D eigenvalue weighted by molar-refractivity contribution is -0.123. The Morgan fingerprint density at radius 3 is 2.58 bits per heavy atom. The summed E-state index contributed by atoms with van der Waals surface area (Å²) in [6.07, 6.45) is 4.77. The first-order valence-electron chi connectivity index (χ1n) is 7.34. The smallest absolute Gasteiger partial charge is 0.338 e. The largest absolute Gasteiger partial charge is 0.452 e. The molecule has 1 heterocycles. The molecule has 3 rings (SSSR count). The molecule has 1 aliphatic carbocycles. The van der Waals surface area contributed by atoms with Crippen LogP contribution in [0.4, 0.5) is 4.79 Å². The number of carbonyl (C=O) groups excluding carboxylic acids is 3. The number of ether oxygens (including phenoxy) is 1. The topological polar surface area (TPSA) is 115 Å². The summed E-state index contributed by atoms with van der Waals surface area (Å²) in [6.45, 7) is -0.526. The Morgan fingerprint density at radius 1 is 1.21 bits per heavy atom. The van der Waals surface area contributed by atoms with Gasteiger partial charge in [0, 0.05) is 6.04 Å². The van der Waals surface area contributed by atoms with Crippen LogP contribution in [0.15, 0.2) is 36.9 Å². The molecule has 0 unspecified atom stereocenters. The van der Waals surface area contributed by atoms with Gasteiger partial charge >= 0.3 is 12.0 Å². The summed E-state index contributed by atoms with van der Waals surface area (Å²) in [7, 11) is 0. The highest BCUT2D eigenvalue weighted by Gasteiger charge is 2.24. The molecule has 2 N–H and O–H groups in total. The average Bonchev–Trinajstić information content (AvgIpc) is 3.21. The first-order chi connectivity index (χ1) is 11.6. The second-order valence-corrected chi connectivity index (χ2v) is 5.26. The maximum absolute atomic E-state index is 11.9. The zero-order chi connectivity index (χ0) is 16.9. The summed E-state index contributed by atoms with van der Waals surface area (Å²) in [5.41, 5.74) is 1.02. The standard InChI is InChI=1S/C15H15N5O4/c21-13(19-15(23)18-11-3-4-11)7-24-14(22)10-1-5-12(6-2-10)20-9-16-8-17-20/h1-2,5-6,8-9,11H,3-4,7H2,(H2,18,19,21,23). The lowest BCUT2D eigenvalue weighted by Crippen LogP contribution is -2.42. The van der Waals surface area contributed by atoms with Crippen LogP contribution in [0, 0.1) is 0 Å². The van der Waals surface area contributed by atoms with Gasteiger partial charge in [0.1, 0.15) is 12.7 Å². The first-order valence-corrected chi connectivity index (χ1v) is 7.34. The van der Waals surface area contributed by atoms with Gasteiger partial charge in [-0.3, -0.25) is 10.1 Å². The average molecular weight is 329 g/mol. The van der Waals surface area contributed by atoms with Crippen LogP contribution < -0.4 is 10.6 Å². The number of nitrogens with zero attached hydrogens (tertiary/aromatic N) is 3. The molecule has 9 heteroatoms. The molecule has 9 nitrogen and oxygen atoms in total. The third-order valence-corrected chi connectivity index (χ3v) is 3.29. The Balaban J connectivity index is 1.47. The molecule has 3 amide bonds.